The number of H-pyrrole nitrogens is 1. The second-order valence-corrected chi connectivity index (χ2v) is 6.20. The lowest BCUT2D eigenvalue weighted by molar-refractivity contribution is -0.130. The van der Waals surface area contributed by atoms with Crippen molar-refractivity contribution in [1.82, 2.24) is 25.2 Å². The van der Waals surface area contributed by atoms with E-state index in [0.29, 0.717) is 13.1 Å². The molecule has 0 unspecified atom stereocenters. The number of pyridine rings is 1. The molecule has 7 heteroatoms. The van der Waals surface area contributed by atoms with E-state index in [2.05, 4.69) is 26.3 Å². The van der Waals surface area contributed by atoms with Crippen molar-refractivity contribution in [3.05, 3.63) is 35.9 Å². The Labute approximate surface area is 147 Å². The number of nitrogens with one attached hydrogen (secondary N) is 2. The van der Waals surface area contributed by atoms with Gasteiger partial charge in [-0.1, -0.05) is 0 Å². The van der Waals surface area contributed by atoms with Crippen LogP contribution in [0.4, 0.5) is 0 Å². The molecule has 1 atom stereocenters. The maximum atomic E-state index is 12.2. The summed E-state index contributed by atoms with van der Waals surface area (Å²) in [7, 11) is 0. The quantitative estimate of drug-likeness (QED) is 0.777. The number of aromatic nitrogens is 3. The maximum absolute atomic E-state index is 12.2. The zero-order valence-corrected chi connectivity index (χ0v) is 14.3. The number of rotatable bonds is 6. The molecule has 2 N–H and O–H groups in total. The first kappa shape index (κ1) is 17.1. The van der Waals surface area contributed by atoms with Crippen molar-refractivity contribution in [2.24, 2.45) is 0 Å². The van der Waals surface area contributed by atoms with Crippen LogP contribution in [0.15, 0.2) is 24.5 Å². The van der Waals surface area contributed by atoms with Gasteiger partial charge >= 0.3 is 0 Å². The highest BCUT2D eigenvalue weighted by Gasteiger charge is 2.27. The van der Waals surface area contributed by atoms with Crippen LogP contribution in [-0.4, -0.2) is 51.4 Å². The predicted molar refractivity (Wildman–Crippen MR) is 93.5 cm³/mol. The Hall–Kier alpha value is -2.72. The molecule has 0 aromatic carbocycles. The molecular formula is C18H22N6O. The number of amides is 1. The molecule has 25 heavy (non-hydrogen) atoms. The molecule has 3 rings (SSSR count). The van der Waals surface area contributed by atoms with E-state index < -0.39 is 0 Å². The molecule has 0 saturated carbocycles. The molecule has 0 radical (unpaired) electrons. The fourth-order valence-corrected chi connectivity index (χ4v) is 3.08. The van der Waals surface area contributed by atoms with Gasteiger partial charge in [0.05, 0.1) is 18.3 Å². The Morgan fingerprint density at radius 2 is 2.44 bits per heavy atom. The van der Waals surface area contributed by atoms with Gasteiger partial charge in [0, 0.05) is 43.2 Å². The zero-order chi connectivity index (χ0) is 17.6. The predicted octanol–water partition coefficient (Wildman–Crippen LogP) is 1.43. The molecule has 2 aromatic rings. The summed E-state index contributed by atoms with van der Waals surface area (Å²) >= 11 is 0. The third-order valence-electron chi connectivity index (χ3n) is 4.46. The van der Waals surface area contributed by atoms with E-state index in [1.807, 2.05) is 19.1 Å². The van der Waals surface area contributed by atoms with Gasteiger partial charge in [0.2, 0.25) is 5.91 Å². The molecule has 7 nitrogen and oxygen atoms in total. The number of carbonyl (C=O) groups excluding carboxylic acids is 1. The number of aryl methyl sites for hydroxylation is 1. The largest absolute Gasteiger partial charge is 0.342 e. The van der Waals surface area contributed by atoms with Gasteiger partial charge in [0.1, 0.15) is 11.9 Å². The molecule has 3 heterocycles. The van der Waals surface area contributed by atoms with Gasteiger partial charge in [-0.2, -0.15) is 5.26 Å². The number of nitrogens with zero attached hydrogens (tertiary/aromatic N) is 4. The van der Waals surface area contributed by atoms with E-state index in [0.717, 1.165) is 42.0 Å². The average Bonchev–Trinajstić information content (AvgIpc) is 3.26. The minimum Gasteiger partial charge on any atom is -0.342 e. The zero-order valence-electron chi connectivity index (χ0n) is 14.3. The highest BCUT2D eigenvalue weighted by molar-refractivity contribution is 5.79. The number of aromatic amines is 1. The van der Waals surface area contributed by atoms with Crippen LogP contribution in [-0.2, 0) is 11.2 Å². The van der Waals surface area contributed by atoms with Gasteiger partial charge in [-0.15, -0.1) is 0 Å². The monoisotopic (exact) mass is 338 g/mol. The van der Waals surface area contributed by atoms with E-state index in [1.165, 1.54) is 0 Å². The van der Waals surface area contributed by atoms with Gasteiger partial charge < -0.3 is 15.2 Å². The van der Waals surface area contributed by atoms with Crippen LogP contribution in [0.25, 0.3) is 11.4 Å². The number of imidazole rings is 1. The van der Waals surface area contributed by atoms with Crippen LogP contribution < -0.4 is 5.32 Å². The molecular weight excluding hydrogens is 316 g/mol. The van der Waals surface area contributed by atoms with Gasteiger partial charge in [-0.05, 0) is 31.9 Å². The van der Waals surface area contributed by atoms with E-state index in [9.17, 15) is 4.79 Å². The van der Waals surface area contributed by atoms with Crippen molar-refractivity contribution >= 4 is 5.91 Å². The van der Waals surface area contributed by atoms with Crippen molar-refractivity contribution in [2.75, 3.05) is 19.6 Å². The summed E-state index contributed by atoms with van der Waals surface area (Å²) in [6.45, 7) is 3.60. The highest BCUT2D eigenvalue weighted by Crippen LogP contribution is 2.17. The SMILES string of the molecule is Cc1[nH]c(-c2cccnc2)nc1CCNCC(=O)N1CCC[C@H]1C#N. The molecule has 1 fully saturated rings. The third kappa shape index (κ3) is 4.03. The first-order chi connectivity index (χ1) is 12.2. The Kier molecular flexibility index (Phi) is 5.41. The second-order valence-electron chi connectivity index (χ2n) is 6.20. The summed E-state index contributed by atoms with van der Waals surface area (Å²) in [4.78, 5) is 25.9. The maximum Gasteiger partial charge on any atom is 0.237 e. The third-order valence-corrected chi connectivity index (χ3v) is 4.46. The van der Waals surface area contributed by atoms with Crippen LogP contribution >= 0.6 is 0 Å². The Balaban J connectivity index is 1.49. The minimum atomic E-state index is -0.259. The lowest BCUT2D eigenvalue weighted by Crippen LogP contribution is -2.41. The van der Waals surface area contributed by atoms with Crippen LogP contribution in [0, 0.1) is 18.3 Å². The first-order valence-corrected chi connectivity index (χ1v) is 8.54. The number of hydrogen-bond acceptors (Lipinski definition) is 5. The van der Waals surface area contributed by atoms with Crippen molar-refractivity contribution in [2.45, 2.75) is 32.2 Å². The second kappa shape index (κ2) is 7.90. The number of likely N-dealkylation sites (tertiary alicyclic amines) is 1. The van der Waals surface area contributed by atoms with E-state index in [-0.39, 0.29) is 18.5 Å². The van der Waals surface area contributed by atoms with Gasteiger partial charge in [-0.3, -0.25) is 9.78 Å². The molecule has 1 aliphatic heterocycles. The lowest BCUT2D eigenvalue weighted by atomic mass is 10.2. The van der Waals surface area contributed by atoms with Crippen molar-refractivity contribution in [3.8, 4) is 17.5 Å². The molecule has 2 aromatic heterocycles. The summed E-state index contributed by atoms with van der Waals surface area (Å²) in [5, 5.41) is 12.2. The first-order valence-electron chi connectivity index (χ1n) is 8.54. The normalized spacial score (nSPS) is 16.8. The topological polar surface area (TPSA) is 97.7 Å². The van der Waals surface area contributed by atoms with E-state index in [1.54, 1.807) is 17.3 Å². The minimum absolute atomic E-state index is 0.00107. The molecule has 1 saturated heterocycles. The lowest BCUT2D eigenvalue weighted by Gasteiger charge is -2.19. The summed E-state index contributed by atoms with van der Waals surface area (Å²) in [6, 6.07) is 5.78. The average molecular weight is 338 g/mol. The smallest absolute Gasteiger partial charge is 0.237 e. The van der Waals surface area contributed by atoms with Crippen LogP contribution in [0.2, 0.25) is 0 Å². The molecule has 130 valence electrons. The summed E-state index contributed by atoms with van der Waals surface area (Å²) in [6.07, 6.45) is 5.94. The molecule has 1 amide bonds. The number of carbonyl (C=O) groups is 1. The van der Waals surface area contributed by atoms with Crippen LogP contribution in [0.5, 0.6) is 0 Å². The fraction of sp³-hybridized carbons (Fsp3) is 0.444. The van der Waals surface area contributed by atoms with E-state index in [4.69, 9.17) is 5.26 Å². The van der Waals surface area contributed by atoms with Crippen LogP contribution in [0.3, 0.4) is 0 Å². The van der Waals surface area contributed by atoms with Gasteiger partial charge in [-0.25, -0.2) is 4.98 Å². The standard InChI is InChI=1S/C18H22N6O/c1-13-16(23-18(22-13)14-4-2-7-20-11-14)6-8-21-12-17(25)24-9-3-5-15(24)10-19/h2,4,7,11,15,21H,3,5-6,8-9,12H2,1H3,(H,22,23)/t15-/m0/s1. The summed E-state index contributed by atoms with van der Waals surface area (Å²) in [5.41, 5.74) is 2.96. The fourth-order valence-electron chi connectivity index (χ4n) is 3.08. The Morgan fingerprint density at radius 3 is 3.20 bits per heavy atom. The number of nitriles is 1. The van der Waals surface area contributed by atoms with Gasteiger partial charge in [0.25, 0.3) is 0 Å². The summed E-state index contributed by atoms with van der Waals surface area (Å²) < 4.78 is 0. The van der Waals surface area contributed by atoms with Crippen LogP contribution in [0.1, 0.15) is 24.2 Å². The van der Waals surface area contributed by atoms with E-state index >= 15 is 0 Å². The highest BCUT2D eigenvalue weighted by atomic mass is 16.2. The van der Waals surface area contributed by atoms with Crippen molar-refractivity contribution < 1.29 is 4.79 Å². The molecule has 0 spiro atoms. The molecule has 0 aliphatic carbocycles. The number of hydrogen-bond donors (Lipinski definition) is 2. The summed E-state index contributed by atoms with van der Waals surface area (Å²) in [5.74, 6) is 0.810. The van der Waals surface area contributed by atoms with Crippen molar-refractivity contribution in [3.63, 3.8) is 0 Å². The Morgan fingerprint density at radius 1 is 1.56 bits per heavy atom. The van der Waals surface area contributed by atoms with Gasteiger partial charge in [0.15, 0.2) is 0 Å². The molecule has 0 bridgehead atoms. The van der Waals surface area contributed by atoms with Crippen molar-refractivity contribution in [1.29, 1.82) is 5.26 Å². The molecule has 1 aliphatic rings. The Bertz CT molecular complexity index is 764.